The van der Waals surface area contributed by atoms with Gasteiger partial charge in [0.1, 0.15) is 0 Å². The molecule has 19 heavy (non-hydrogen) atoms. The van der Waals surface area contributed by atoms with Crippen molar-refractivity contribution < 1.29 is 9.90 Å². The minimum atomic E-state index is -0.0720. The lowest BCUT2D eigenvalue weighted by atomic mass is 10.2. The van der Waals surface area contributed by atoms with Crippen LogP contribution in [0.15, 0.2) is 24.5 Å². The first-order chi connectivity index (χ1) is 8.24. The molecule has 0 bridgehead atoms. The molecule has 0 unspecified atom stereocenters. The van der Waals surface area contributed by atoms with Crippen LogP contribution in [-0.4, -0.2) is 54.2 Å². The molecule has 5 nitrogen and oxygen atoms in total. The maximum Gasteiger partial charge on any atom is 0.251 e. The lowest BCUT2D eigenvalue weighted by molar-refractivity contribution is 0.0951. The second kappa shape index (κ2) is 12.2. The molecule has 110 valence electrons. The highest BCUT2D eigenvalue weighted by Gasteiger charge is 2.03. The molecule has 1 aromatic heterocycles. The van der Waals surface area contributed by atoms with Crippen molar-refractivity contribution in [1.29, 1.82) is 0 Å². The predicted molar refractivity (Wildman–Crippen MR) is 80.3 cm³/mol. The van der Waals surface area contributed by atoms with Crippen LogP contribution in [-0.2, 0) is 0 Å². The molecule has 2 N–H and O–H groups in total. The lowest BCUT2D eigenvalue weighted by Gasteiger charge is -2.14. The molecule has 0 fully saturated rings. The van der Waals surface area contributed by atoms with Gasteiger partial charge < -0.3 is 15.3 Å². The fourth-order valence-electron chi connectivity index (χ4n) is 1.44. The Hall–Kier alpha value is -0.880. The quantitative estimate of drug-likeness (QED) is 0.737. The summed E-state index contributed by atoms with van der Waals surface area (Å²) in [5.74, 6) is -0.0720. The number of amides is 1. The van der Waals surface area contributed by atoms with Gasteiger partial charge in [0.2, 0.25) is 0 Å². The molecule has 0 aliphatic heterocycles. The van der Waals surface area contributed by atoms with Crippen molar-refractivity contribution in [3.63, 3.8) is 0 Å². The zero-order valence-corrected chi connectivity index (χ0v) is 12.5. The monoisotopic (exact) mass is 309 g/mol. The van der Waals surface area contributed by atoms with E-state index in [1.807, 2.05) is 11.9 Å². The van der Waals surface area contributed by atoms with Crippen LogP contribution in [0.5, 0.6) is 0 Å². The van der Waals surface area contributed by atoms with Crippen LogP contribution in [0.4, 0.5) is 0 Å². The number of halogens is 2. The largest absolute Gasteiger partial charge is 0.395 e. The minimum absolute atomic E-state index is 0. The molecule has 0 aliphatic rings. The molecule has 0 radical (unpaired) electrons. The van der Waals surface area contributed by atoms with Crippen molar-refractivity contribution in [2.45, 2.75) is 6.42 Å². The molecule has 0 saturated carbocycles. The van der Waals surface area contributed by atoms with Gasteiger partial charge in [0.15, 0.2) is 0 Å². The molecule has 0 spiro atoms. The third-order valence-electron chi connectivity index (χ3n) is 2.43. The summed E-state index contributed by atoms with van der Waals surface area (Å²) >= 11 is 0. The Morgan fingerprint density at radius 1 is 1.32 bits per heavy atom. The van der Waals surface area contributed by atoms with Crippen LogP contribution in [0.1, 0.15) is 16.8 Å². The summed E-state index contributed by atoms with van der Waals surface area (Å²) in [4.78, 5) is 17.5. The number of hydrogen-bond donors (Lipinski definition) is 2. The van der Waals surface area contributed by atoms with E-state index < -0.39 is 0 Å². The zero-order chi connectivity index (χ0) is 12.5. The molecular weight excluding hydrogens is 289 g/mol. The first-order valence-corrected chi connectivity index (χ1v) is 5.71. The number of hydrogen-bond acceptors (Lipinski definition) is 4. The number of aromatic nitrogens is 1. The summed E-state index contributed by atoms with van der Waals surface area (Å²) < 4.78 is 0. The van der Waals surface area contributed by atoms with Crippen molar-refractivity contribution in [3.8, 4) is 0 Å². The maximum atomic E-state index is 11.6. The number of aliphatic hydroxyl groups is 1. The van der Waals surface area contributed by atoms with Gasteiger partial charge >= 0.3 is 0 Å². The summed E-state index contributed by atoms with van der Waals surface area (Å²) in [6, 6.07) is 3.38. The highest BCUT2D eigenvalue weighted by atomic mass is 35.5. The summed E-state index contributed by atoms with van der Waals surface area (Å²) in [5, 5.41) is 11.6. The van der Waals surface area contributed by atoms with Crippen LogP contribution in [0.25, 0.3) is 0 Å². The van der Waals surface area contributed by atoms with E-state index in [-0.39, 0.29) is 37.3 Å². The Morgan fingerprint density at radius 2 is 1.95 bits per heavy atom. The molecule has 1 rings (SSSR count). The van der Waals surface area contributed by atoms with Crippen molar-refractivity contribution in [3.05, 3.63) is 30.1 Å². The van der Waals surface area contributed by atoms with Crippen LogP contribution >= 0.6 is 24.8 Å². The standard InChI is InChI=1S/C12H19N3O2.2ClH/c1-15(9-10-16)8-2-5-14-12(17)11-3-6-13-7-4-11;;/h3-4,6-7,16H,2,5,8-10H2,1H3,(H,14,17);2*1H. The first kappa shape index (κ1) is 20.4. The third kappa shape index (κ3) is 8.77. The lowest BCUT2D eigenvalue weighted by Crippen LogP contribution is -2.29. The van der Waals surface area contributed by atoms with E-state index in [1.165, 1.54) is 0 Å². The van der Waals surface area contributed by atoms with Crippen LogP contribution < -0.4 is 5.32 Å². The van der Waals surface area contributed by atoms with E-state index in [2.05, 4.69) is 10.3 Å². The van der Waals surface area contributed by atoms with Crippen molar-refractivity contribution in [1.82, 2.24) is 15.2 Å². The highest BCUT2D eigenvalue weighted by molar-refractivity contribution is 5.93. The molecule has 0 saturated heterocycles. The van der Waals surface area contributed by atoms with Gasteiger partial charge in [0.25, 0.3) is 5.91 Å². The summed E-state index contributed by atoms with van der Waals surface area (Å²) in [7, 11) is 1.95. The molecule has 1 heterocycles. The number of nitrogens with one attached hydrogen (secondary N) is 1. The molecule has 7 heteroatoms. The van der Waals surface area contributed by atoms with Crippen molar-refractivity contribution in [2.24, 2.45) is 0 Å². The number of rotatable bonds is 7. The van der Waals surface area contributed by atoms with Crippen molar-refractivity contribution in [2.75, 3.05) is 33.3 Å². The van der Waals surface area contributed by atoms with Gasteiger partial charge in [-0.1, -0.05) is 0 Å². The number of aliphatic hydroxyl groups excluding tert-OH is 1. The van der Waals surface area contributed by atoms with Crippen LogP contribution in [0, 0.1) is 0 Å². The third-order valence-corrected chi connectivity index (χ3v) is 2.43. The predicted octanol–water partition coefficient (Wildman–Crippen LogP) is 0.969. The maximum absolute atomic E-state index is 11.6. The number of carbonyl (C=O) groups is 1. The SMILES string of the molecule is CN(CCO)CCCNC(=O)c1ccncc1.Cl.Cl. The molecule has 1 amide bonds. The second-order valence-electron chi connectivity index (χ2n) is 3.87. The Bertz CT molecular complexity index is 339. The summed E-state index contributed by atoms with van der Waals surface area (Å²) in [6.45, 7) is 2.33. The number of pyridine rings is 1. The second-order valence-corrected chi connectivity index (χ2v) is 3.87. The zero-order valence-electron chi connectivity index (χ0n) is 10.9. The first-order valence-electron chi connectivity index (χ1n) is 5.71. The highest BCUT2D eigenvalue weighted by Crippen LogP contribution is 1.95. The Labute approximate surface area is 126 Å². The van der Waals surface area contributed by atoms with Gasteiger partial charge in [-0.05, 0) is 32.1 Å². The molecule has 0 atom stereocenters. The minimum Gasteiger partial charge on any atom is -0.395 e. The fourth-order valence-corrected chi connectivity index (χ4v) is 1.44. The summed E-state index contributed by atoms with van der Waals surface area (Å²) in [6.07, 6.45) is 4.07. The van der Waals surface area contributed by atoms with E-state index in [0.29, 0.717) is 18.7 Å². The van der Waals surface area contributed by atoms with Gasteiger partial charge in [-0.15, -0.1) is 24.8 Å². The average molecular weight is 310 g/mol. The van der Waals surface area contributed by atoms with Gasteiger partial charge in [0, 0.05) is 31.0 Å². The van der Waals surface area contributed by atoms with E-state index in [1.54, 1.807) is 24.5 Å². The van der Waals surface area contributed by atoms with Gasteiger partial charge in [0.05, 0.1) is 6.61 Å². The van der Waals surface area contributed by atoms with E-state index >= 15 is 0 Å². The van der Waals surface area contributed by atoms with Gasteiger partial charge in [-0.25, -0.2) is 0 Å². The number of likely N-dealkylation sites (N-methyl/N-ethyl adjacent to an activating group) is 1. The summed E-state index contributed by atoms with van der Waals surface area (Å²) in [5.41, 5.74) is 0.628. The average Bonchev–Trinajstić information content (AvgIpc) is 2.36. The number of carbonyl (C=O) groups excluding carboxylic acids is 1. The smallest absolute Gasteiger partial charge is 0.251 e. The van der Waals surface area contributed by atoms with Gasteiger partial charge in [-0.3, -0.25) is 9.78 Å². The van der Waals surface area contributed by atoms with Crippen LogP contribution in [0.2, 0.25) is 0 Å². The Balaban J connectivity index is 0. The molecule has 0 aliphatic carbocycles. The topological polar surface area (TPSA) is 65.5 Å². The van der Waals surface area contributed by atoms with Crippen LogP contribution in [0.3, 0.4) is 0 Å². The van der Waals surface area contributed by atoms with Gasteiger partial charge in [-0.2, -0.15) is 0 Å². The number of nitrogens with zero attached hydrogens (tertiary/aromatic N) is 2. The Kier molecular flexibility index (Phi) is 13.1. The fraction of sp³-hybridized carbons (Fsp3) is 0.500. The molecule has 1 aromatic rings. The Morgan fingerprint density at radius 3 is 2.53 bits per heavy atom. The van der Waals surface area contributed by atoms with E-state index in [4.69, 9.17) is 5.11 Å². The van der Waals surface area contributed by atoms with Crippen molar-refractivity contribution >= 4 is 30.7 Å². The van der Waals surface area contributed by atoms with E-state index in [0.717, 1.165) is 13.0 Å². The molecule has 0 aromatic carbocycles. The van der Waals surface area contributed by atoms with E-state index in [9.17, 15) is 4.79 Å². The normalized spacial score (nSPS) is 9.42. The molecular formula is C12H21Cl2N3O2.